The average Bonchev–Trinajstić information content (AvgIpc) is 3.53. The molecule has 1 aromatic heterocycles. The molecule has 0 unspecified atom stereocenters. The zero-order valence-corrected chi connectivity index (χ0v) is 19.1. The number of anilines is 3. The lowest BCUT2D eigenvalue weighted by molar-refractivity contribution is 0.0467. The molecule has 2 saturated carbocycles. The van der Waals surface area contributed by atoms with Gasteiger partial charge in [0.1, 0.15) is 11.4 Å². The van der Waals surface area contributed by atoms with Crippen molar-refractivity contribution in [3.63, 3.8) is 0 Å². The van der Waals surface area contributed by atoms with E-state index in [0.717, 1.165) is 36.9 Å². The maximum Gasteiger partial charge on any atom is 0.407 e. The summed E-state index contributed by atoms with van der Waals surface area (Å²) >= 11 is 0. The molecule has 170 valence electrons. The van der Waals surface area contributed by atoms with Crippen molar-refractivity contribution in [3.8, 4) is 17.9 Å². The predicted octanol–water partition coefficient (Wildman–Crippen LogP) is 4.32. The van der Waals surface area contributed by atoms with Crippen LogP contribution in [-0.4, -0.2) is 33.7 Å². The van der Waals surface area contributed by atoms with Gasteiger partial charge < -0.3 is 20.7 Å². The summed E-state index contributed by atoms with van der Waals surface area (Å²) in [5.74, 6) is 7.88. The molecule has 8 nitrogen and oxygen atoms in total. The number of nitrogens with one attached hydrogen (secondary N) is 3. The number of carbonyl (C=O) groups excluding carboxylic acids is 1. The molecule has 33 heavy (non-hydrogen) atoms. The van der Waals surface area contributed by atoms with Gasteiger partial charge in [-0.1, -0.05) is 17.9 Å². The normalized spacial score (nSPS) is 19.2. The largest absolute Gasteiger partial charge is 0.444 e. The first-order chi connectivity index (χ1) is 15.8. The second-order valence-corrected chi connectivity index (χ2v) is 9.47. The number of alkyl carbamates (subject to hydrolysis) is 1. The molecule has 4 rings (SSSR count). The first kappa shape index (κ1) is 22.4. The number of benzene rings is 1. The Morgan fingerprint density at radius 2 is 2.00 bits per heavy atom. The number of aromatic nitrogens is 2. The lowest BCUT2D eigenvalue weighted by atomic mass is 9.81. The molecular formula is C25H28N6O2. The molecule has 2 aliphatic rings. The standard InChI is InChI=1S/C25H28N6O2/c1-25(2,3)33-24(32)30-21-11-16(12-21)7-8-18-15-27-23(31-22(18)28-19-9-10-19)29-20-6-4-5-17(13-20)14-26/h4-6,13,15-16,19,21H,9-12H2,1-3H3,(H,30,32)(H2,27,28,29,31)/t16-,21+. The quantitative estimate of drug-likeness (QED) is 0.589. The van der Waals surface area contributed by atoms with E-state index in [9.17, 15) is 4.79 Å². The number of nitrogens with zero attached hydrogens (tertiary/aromatic N) is 3. The van der Waals surface area contributed by atoms with Crippen LogP contribution in [0, 0.1) is 29.1 Å². The third kappa shape index (κ3) is 6.60. The van der Waals surface area contributed by atoms with Crippen LogP contribution in [0.1, 0.15) is 57.6 Å². The van der Waals surface area contributed by atoms with E-state index in [2.05, 4.69) is 43.8 Å². The number of rotatable bonds is 5. The van der Waals surface area contributed by atoms with Crippen LogP contribution in [0.5, 0.6) is 0 Å². The third-order valence-electron chi connectivity index (χ3n) is 5.22. The van der Waals surface area contributed by atoms with Gasteiger partial charge in [-0.2, -0.15) is 10.2 Å². The van der Waals surface area contributed by atoms with Gasteiger partial charge in [-0.15, -0.1) is 0 Å². The molecule has 2 fully saturated rings. The van der Waals surface area contributed by atoms with Crippen molar-refractivity contribution in [3.05, 3.63) is 41.6 Å². The van der Waals surface area contributed by atoms with E-state index in [1.165, 1.54) is 0 Å². The Morgan fingerprint density at radius 1 is 1.21 bits per heavy atom. The zero-order chi connectivity index (χ0) is 23.4. The minimum atomic E-state index is -0.502. The first-order valence-electron chi connectivity index (χ1n) is 11.2. The van der Waals surface area contributed by atoms with Crippen LogP contribution in [-0.2, 0) is 4.74 Å². The summed E-state index contributed by atoms with van der Waals surface area (Å²) in [6.45, 7) is 5.55. The minimum Gasteiger partial charge on any atom is -0.444 e. The Hall–Kier alpha value is -3.78. The van der Waals surface area contributed by atoms with Crippen LogP contribution in [0.4, 0.5) is 22.2 Å². The molecule has 0 bridgehead atoms. The molecule has 1 heterocycles. The van der Waals surface area contributed by atoms with Crippen LogP contribution >= 0.6 is 0 Å². The molecule has 2 aliphatic carbocycles. The zero-order valence-electron chi connectivity index (χ0n) is 19.1. The Morgan fingerprint density at radius 3 is 2.70 bits per heavy atom. The Balaban J connectivity index is 1.39. The van der Waals surface area contributed by atoms with Crippen LogP contribution in [0.15, 0.2) is 30.5 Å². The van der Waals surface area contributed by atoms with Crippen molar-refractivity contribution in [2.45, 2.75) is 64.1 Å². The van der Waals surface area contributed by atoms with Gasteiger partial charge in [0.2, 0.25) is 5.95 Å². The Kier molecular flexibility index (Phi) is 6.37. The highest BCUT2D eigenvalue weighted by Gasteiger charge is 2.30. The van der Waals surface area contributed by atoms with E-state index in [1.807, 2.05) is 32.9 Å². The summed E-state index contributed by atoms with van der Waals surface area (Å²) in [4.78, 5) is 20.9. The molecular weight excluding hydrogens is 416 g/mol. The van der Waals surface area contributed by atoms with Gasteiger partial charge in [-0.25, -0.2) is 9.78 Å². The fourth-order valence-corrected chi connectivity index (χ4v) is 3.37. The SMILES string of the molecule is CC(C)(C)OC(=O)N[C@H]1C[C@@H](C#Cc2cnc(Nc3cccc(C#N)c3)nc2NC2CC2)C1. The molecule has 8 heteroatoms. The van der Waals surface area contributed by atoms with Crippen LogP contribution in [0.2, 0.25) is 0 Å². The highest BCUT2D eigenvalue weighted by Crippen LogP contribution is 2.29. The number of amides is 1. The van der Waals surface area contributed by atoms with Crippen LogP contribution < -0.4 is 16.0 Å². The maximum absolute atomic E-state index is 11.9. The van der Waals surface area contributed by atoms with Gasteiger partial charge in [0.05, 0.1) is 23.4 Å². The number of hydrogen-bond donors (Lipinski definition) is 3. The molecule has 0 spiro atoms. The highest BCUT2D eigenvalue weighted by atomic mass is 16.6. The topological polar surface area (TPSA) is 112 Å². The first-order valence-corrected chi connectivity index (χ1v) is 11.2. The van der Waals surface area contributed by atoms with Crippen molar-refractivity contribution in [2.24, 2.45) is 5.92 Å². The van der Waals surface area contributed by atoms with Gasteiger partial charge in [0, 0.05) is 23.7 Å². The lowest BCUT2D eigenvalue weighted by Gasteiger charge is -2.33. The lowest BCUT2D eigenvalue weighted by Crippen LogP contribution is -2.45. The molecule has 3 N–H and O–H groups in total. The van der Waals surface area contributed by atoms with E-state index in [-0.39, 0.29) is 18.1 Å². The van der Waals surface area contributed by atoms with Gasteiger partial charge in [-0.05, 0) is 64.7 Å². The number of carbonyl (C=O) groups is 1. The van der Waals surface area contributed by atoms with Crippen molar-refractivity contribution >= 4 is 23.5 Å². The predicted molar refractivity (Wildman–Crippen MR) is 126 cm³/mol. The number of hydrogen-bond acceptors (Lipinski definition) is 7. The maximum atomic E-state index is 11.9. The highest BCUT2D eigenvalue weighted by molar-refractivity contribution is 5.68. The van der Waals surface area contributed by atoms with Gasteiger partial charge >= 0.3 is 6.09 Å². The van der Waals surface area contributed by atoms with Gasteiger partial charge in [0.15, 0.2) is 0 Å². The Labute approximate surface area is 194 Å². The molecule has 2 aromatic rings. The third-order valence-corrected chi connectivity index (χ3v) is 5.22. The fourth-order valence-electron chi connectivity index (χ4n) is 3.37. The fraction of sp³-hybridized carbons (Fsp3) is 0.440. The monoisotopic (exact) mass is 444 g/mol. The second-order valence-electron chi connectivity index (χ2n) is 9.47. The van der Waals surface area contributed by atoms with E-state index >= 15 is 0 Å². The summed E-state index contributed by atoms with van der Waals surface area (Å²) < 4.78 is 5.30. The van der Waals surface area contributed by atoms with Crippen molar-refractivity contribution in [2.75, 3.05) is 10.6 Å². The van der Waals surface area contributed by atoms with Crippen LogP contribution in [0.25, 0.3) is 0 Å². The molecule has 0 aliphatic heterocycles. The molecule has 0 atom stereocenters. The molecule has 1 aromatic carbocycles. The van der Waals surface area contributed by atoms with Gasteiger partial charge in [-0.3, -0.25) is 0 Å². The summed E-state index contributed by atoms with van der Waals surface area (Å²) in [7, 11) is 0. The molecule has 0 radical (unpaired) electrons. The summed E-state index contributed by atoms with van der Waals surface area (Å²) in [5, 5.41) is 18.6. The van der Waals surface area contributed by atoms with E-state index in [4.69, 9.17) is 10.00 Å². The van der Waals surface area contributed by atoms with Crippen molar-refractivity contribution in [1.82, 2.24) is 15.3 Å². The molecule has 0 saturated heterocycles. The summed E-state index contributed by atoms with van der Waals surface area (Å²) in [6, 6.07) is 9.82. The van der Waals surface area contributed by atoms with Crippen molar-refractivity contribution in [1.29, 1.82) is 5.26 Å². The average molecular weight is 445 g/mol. The van der Waals surface area contributed by atoms with E-state index < -0.39 is 5.60 Å². The Bertz CT molecular complexity index is 1130. The molecule has 1 amide bonds. The summed E-state index contributed by atoms with van der Waals surface area (Å²) in [6.07, 6.45) is 5.16. The number of nitriles is 1. The smallest absolute Gasteiger partial charge is 0.407 e. The van der Waals surface area contributed by atoms with E-state index in [1.54, 1.807) is 18.3 Å². The van der Waals surface area contributed by atoms with Gasteiger partial charge in [0.25, 0.3) is 0 Å². The summed E-state index contributed by atoms with van der Waals surface area (Å²) in [5.41, 5.74) is 1.57. The van der Waals surface area contributed by atoms with Crippen molar-refractivity contribution < 1.29 is 9.53 Å². The van der Waals surface area contributed by atoms with Crippen LogP contribution in [0.3, 0.4) is 0 Å². The minimum absolute atomic E-state index is 0.0928. The second kappa shape index (κ2) is 9.38. The van der Waals surface area contributed by atoms with E-state index in [0.29, 0.717) is 23.4 Å². The number of ether oxygens (including phenoxy) is 1.